The van der Waals surface area contributed by atoms with Gasteiger partial charge in [-0.05, 0) is 49.4 Å². The maximum absolute atomic E-state index is 4.68. The fourth-order valence-electron chi connectivity index (χ4n) is 2.91. The summed E-state index contributed by atoms with van der Waals surface area (Å²) in [5.74, 6) is 1.65. The third-order valence-electron chi connectivity index (χ3n) is 4.46. The van der Waals surface area contributed by atoms with Crippen LogP contribution in [0, 0.1) is 6.92 Å². The van der Waals surface area contributed by atoms with Gasteiger partial charge in [0, 0.05) is 44.3 Å². The van der Waals surface area contributed by atoms with Gasteiger partial charge in [0.05, 0.1) is 0 Å². The van der Waals surface area contributed by atoms with E-state index in [1.54, 1.807) is 0 Å². The van der Waals surface area contributed by atoms with E-state index in [1.165, 1.54) is 11.1 Å². The Morgan fingerprint density at radius 2 is 1.67 bits per heavy atom. The van der Waals surface area contributed by atoms with Crippen LogP contribution in [0.4, 0.5) is 11.8 Å². The summed E-state index contributed by atoms with van der Waals surface area (Å²) in [5.41, 5.74) is 3.61. The van der Waals surface area contributed by atoms with E-state index >= 15 is 0 Å². The molecule has 0 aliphatic rings. The molecule has 5 nitrogen and oxygen atoms in total. The Balaban J connectivity index is 1.52. The summed E-state index contributed by atoms with van der Waals surface area (Å²) in [5, 5.41) is 3.44. The number of rotatable bonds is 9. The molecule has 5 heteroatoms. The molecule has 0 atom stereocenters. The maximum Gasteiger partial charge on any atom is 0.227 e. The van der Waals surface area contributed by atoms with Gasteiger partial charge in [0.15, 0.2) is 0 Å². The molecule has 1 aromatic carbocycles. The molecule has 0 unspecified atom stereocenters. The van der Waals surface area contributed by atoms with Gasteiger partial charge >= 0.3 is 0 Å². The lowest BCUT2D eigenvalue weighted by Gasteiger charge is -2.18. The monoisotopic (exact) mass is 361 g/mol. The van der Waals surface area contributed by atoms with Gasteiger partial charge in [-0.1, -0.05) is 30.3 Å². The Kier molecular flexibility index (Phi) is 6.74. The second-order valence-corrected chi connectivity index (χ2v) is 6.74. The summed E-state index contributed by atoms with van der Waals surface area (Å²) >= 11 is 0. The minimum atomic E-state index is 0.759. The minimum Gasteiger partial charge on any atom is -0.370 e. The fourth-order valence-corrected chi connectivity index (χ4v) is 2.91. The van der Waals surface area contributed by atoms with Crippen molar-refractivity contribution >= 4 is 11.8 Å². The molecule has 0 aliphatic carbocycles. The molecule has 0 fully saturated rings. The van der Waals surface area contributed by atoms with E-state index in [0.29, 0.717) is 0 Å². The van der Waals surface area contributed by atoms with Gasteiger partial charge in [0.25, 0.3) is 0 Å². The number of nitrogens with zero attached hydrogens (tertiary/aromatic N) is 4. The van der Waals surface area contributed by atoms with Crippen LogP contribution in [0.2, 0.25) is 0 Å². The first kappa shape index (κ1) is 18.8. The molecule has 27 heavy (non-hydrogen) atoms. The summed E-state index contributed by atoms with van der Waals surface area (Å²) in [4.78, 5) is 15.4. The van der Waals surface area contributed by atoms with Crippen molar-refractivity contribution in [2.45, 2.75) is 26.2 Å². The lowest BCUT2D eigenvalue weighted by Crippen LogP contribution is -2.23. The van der Waals surface area contributed by atoms with E-state index in [9.17, 15) is 0 Å². The predicted octanol–water partition coefficient (Wildman–Crippen LogP) is 3.90. The molecule has 0 amide bonds. The van der Waals surface area contributed by atoms with Crippen molar-refractivity contribution in [3.05, 3.63) is 77.7 Å². The molecule has 0 spiro atoms. The number of hydrogen-bond acceptors (Lipinski definition) is 5. The topological polar surface area (TPSA) is 53.9 Å². The minimum absolute atomic E-state index is 0.759. The Hall–Kier alpha value is -2.95. The van der Waals surface area contributed by atoms with E-state index in [2.05, 4.69) is 55.5 Å². The molecule has 0 saturated heterocycles. The number of nitrogens with one attached hydrogen (secondary N) is 1. The van der Waals surface area contributed by atoms with Crippen molar-refractivity contribution in [3.63, 3.8) is 0 Å². The molecule has 0 radical (unpaired) electrons. The Morgan fingerprint density at radius 3 is 2.44 bits per heavy atom. The molecule has 0 bridgehead atoms. The molecule has 3 rings (SSSR count). The smallest absolute Gasteiger partial charge is 0.227 e. The largest absolute Gasteiger partial charge is 0.370 e. The third-order valence-corrected chi connectivity index (χ3v) is 4.46. The molecule has 2 aromatic heterocycles. The quantitative estimate of drug-likeness (QED) is 0.586. The van der Waals surface area contributed by atoms with Crippen molar-refractivity contribution in [3.8, 4) is 0 Å². The van der Waals surface area contributed by atoms with Gasteiger partial charge in [-0.25, -0.2) is 4.98 Å². The van der Waals surface area contributed by atoms with Crippen LogP contribution >= 0.6 is 0 Å². The van der Waals surface area contributed by atoms with Crippen LogP contribution in [-0.4, -0.2) is 35.1 Å². The average molecular weight is 361 g/mol. The van der Waals surface area contributed by atoms with Crippen LogP contribution in [0.3, 0.4) is 0 Å². The highest BCUT2D eigenvalue weighted by molar-refractivity contribution is 5.43. The zero-order valence-electron chi connectivity index (χ0n) is 16.1. The van der Waals surface area contributed by atoms with Crippen LogP contribution in [0.5, 0.6) is 0 Å². The first-order chi connectivity index (χ1) is 13.2. The van der Waals surface area contributed by atoms with Crippen molar-refractivity contribution in [2.24, 2.45) is 0 Å². The van der Waals surface area contributed by atoms with Crippen LogP contribution in [0.15, 0.2) is 60.9 Å². The SMILES string of the molecule is Cc1cc(NCCCc2ccccc2)nc(N(C)CCc2ccncc2)n1. The predicted molar refractivity (Wildman–Crippen MR) is 111 cm³/mol. The number of aryl methyl sites for hydroxylation is 2. The molecule has 0 saturated carbocycles. The van der Waals surface area contributed by atoms with Crippen molar-refractivity contribution in [2.75, 3.05) is 30.4 Å². The molecule has 0 aliphatic heterocycles. The lowest BCUT2D eigenvalue weighted by atomic mass is 10.1. The highest BCUT2D eigenvalue weighted by Gasteiger charge is 2.08. The molecule has 140 valence electrons. The summed E-state index contributed by atoms with van der Waals surface area (Å²) < 4.78 is 0. The van der Waals surface area contributed by atoms with Crippen LogP contribution < -0.4 is 10.2 Å². The number of pyridine rings is 1. The summed E-state index contributed by atoms with van der Waals surface area (Å²) in [7, 11) is 2.04. The average Bonchev–Trinajstić information content (AvgIpc) is 2.70. The van der Waals surface area contributed by atoms with Gasteiger partial charge in [0.1, 0.15) is 5.82 Å². The van der Waals surface area contributed by atoms with Crippen LogP contribution in [0.25, 0.3) is 0 Å². The van der Waals surface area contributed by atoms with Crippen LogP contribution in [0.1, 0.15) is 23.2 Å². The molecule has 1 N–H and O–H groups in total. The van der Waals surface area contributed by atoms with E-state index in [4.69, 9.17) is 0 Å². The van der Waals surface area contributed by atoms with Crippen molar-refractivity contribution < 1.29 is 0 Å². The number of hydrogen-bond donors (Lipinski definition) is 1. The first-order valence-corrected chi connectivity index (χ1v) is 9.44. The van der Waals surface area contributed by atoms with Gasteiger partial charge < -0.3 is 10.2 Å². The zero-order chi connectivity index (χ0) is 18.9. The molecular weight excluding hydrogens is 334 g/mol. The van der Waals surface area contributed by atoms with Crippen LogP contribution in [-0.2, 0) is 12.8 Å². The van der Waals surface area contributed by atoms with Gasteiger partial charge in [-0.3, -0.25) is 4.98 Å². The second kappa shape index (κ2) is 9.67. The third kappa shape index (κ3) is 6.06. The highest BCUT2D eigenvalue weighted by atomic mass is 15.2. The molecule has 2 heterocycles. The number of anilines is 2. The van der Waals surface area contributed by atoms with Gasteiger partial charge in [0.2, 0.25) is 5.95 Å². The zero-order valence-corrected chi connectivity index (χ0v) is 16.1. The lowest BCUT2D eigenvalue weighted by molar-refractivity contribution is 0.825. The fraction of sp³-hybridized carbons (Fsp3) is 0.318. The number of benzene rings is 1. The van der Waals surface area contributed by atoms with E-state index in [0.717, 1.165) is 49.8 Å². The Morgan fingerprint density at radius 1 is 0.926 bits per heavy atom. The number of aromatic nitrogens is 3. The number of likely N-dealkylation sites (N-methyl/N-ethyl adjacent to an activating group) is 1. The summed E-state index contributed by atoms with van der Waals surface area (Å²) in [6.45, 7) is 3.77. The normalized spacial score (nSPS) is 10.6. The highest BCUT2D eigenvalue weighted by Crippen LogP contribution is 2.14. The molecule has 3 aromatic rings. The van der Waals surface area contributed by atoms with E-state index in [-0.39, 0.29) is 0 Å². The standard InChI is InChI=1S/C22H27N5/c1-18-17-21(24-13-6-9-19-7-4-3-5-8-19)26-22(25-18)27(2)16-12-20-10-14-23-15-11-20/h3-5,7-8,10-11,14-15,17H,6,9,12-13,16H2,1-2H3,(H,24,25,26). The van der Waals surface area contributed by atoms with E-state index in [1.807, 2.05) is 44.6 Å². The van der Waals surface area contributed by atoms with Crippen molar-refractivity contribution in [1.29, 1.82) is 0 Å². The first-order valence-electron chi connectivity index (χ1n) is 9.44. The molecular formula is C22H27N5. The van der Waals surface area contributed by atoms with Gasteiger partial charge in [-0.15, -0.1) is 0 Å². The second-order valence-electron chi connectivity index (χ2n) is 6.74. The van der Waals surface area contributed by atoms with Crippen molar-refractivity contribution in [1.82, 2.24) is 15.0 Å². The summed E-state index contributed by atoms with van der Waals surface area (Å²) in [6.07, 6.45) is 6.74. The maximum atomic E-state index is 4.68. The van der Waals surface area contributed by atoms with E-state index < -0.39 is 0 Å². The Labute approximate surface area is 161 Å². The summed E-state index contributed by atoms with van der Waals surface area (Å²) in [6, 6.07) is 16.7. The Bertz CT molecular complexity index is 821. The van der Waals surface area contributed by atoms with Gasteiger partial charge in [-0.2, -0.15) is 4.98 Å².